The molecule has 0 aromatic carbocycles. The number of aromatic nitrogens is 3. The molecule has 0 amide bonds. The van der Waals surface area contributed by atoms with E-state index < -0.39 is 0 Å². The molecule has 2 heterocycles. The number of carbonyl (C=O) groups excluding carboxylic acids is 1. The van der Waals surface area contributed by atoms with Gasteiger partial charge in [-0.3, -0.25) is 4.79 Å². The molecule has 2 aromatic heterocycles. The molecule has 0 spiro atoms. The first-order valence-electron chi connectivity index (χ1n) is 4.84. The van der Waals surface area contributed by atoms with Crippen molar-refractivity contribution < 1.29 is 9.53 Å². The molecule has 0 aliphatic carbocycles. The Morgan fingerprint density at radius 2 is 2.38 bits per heavy atom. The summed E-state index contributed by atoms with van der Waals surface area (Å²) in [5, 5.41) is 0. The molecule has 0 aliphatic rings. The maximum atomic E-state index is 11.3. The van der Waals surface area contributed by atoms with Crippen LogP contribution in [-0.2, 0) is 16.0 Å². The van der Waals surface area contributed by atoms with Crippen molar-refractivity contribution in [2.24, 2.45) is 0 Å². The Balaban J connectivity index is 2.23. The molecule has 0 saturated carbocycles. The summed E-state index contributed by atoms with van der Waals surface area (Å²) < 4.78 is 7.39. The van der Waals surface area contributed by atoms with E-state index in [-0.39, 0.29) is 12.4 Å². The molecule has 0 N–H and O–H groups in total. The van der Waals surface area contributed by atoms with E-state index in [9.17, 15) is 4.79 Å². The fourth-order valence-electron chi connectivity index (χ4n) is 1.37. The summed E-state index contributed by atoms with van der Waals surface area (Å²) in [4.78, 5) is 19.6. The van der Waals surface area contributed by atoms with Crippen LogP contribution >= 0.6 is 15.9 Å². The van der Waals surface area contributed by atoms with Gasteiger partial charge in [0.2, 0.25) is 0 Å². The van der Waals surface area contributed by atoms with Crippen LogP contribution in [0.2, 0.25) is 0 Å². The number of esters is 1. The number of halogens is 1. The molecule has 0 unspecified atom stereocenters. The first kappa shape index (κ1) is 11.1. The summed E-state index contributed by atoms with van der Waals surface area (Å²) in [7, 11) is 0. The van der Waals surface area contributed by atoms with Gasteiger partial charge < -0.3 is 9.14 Å². The van der Waals surface area contributed by atoms with Crippen molar-refractivity contribution in [2.45, 2.75) is 13.3 Å². The predicted octanol–water partition coefficient (Wildman–Crippen LogP) is 1.60. The lowest BCUT2D eigenvalue weighted by Crippen LogP contribution is -2.07. The second kappa shape index (κ2) is 4.61. The van der Waals surface area contributed by atoms with Crippen molar-refractivity contribution in [3.63, 3.8) is 0 Å². The lowest BCUT2D eigenvalue weighted by atomic mass is 10.3. The third kappa shape index (κ3) is 2.38. The monoisotopic (exact) mass is 283 g/mol. The zero-order valence-electron chi connectivity index (χ0n) is 8.68. The zero-order valence-corrected chi connectivity index (χ0v) is 10.3. The van der Waals surface area contributed by atoms with E-state index in [1.165, 1.54) is 0 Å². The molecular weight excluding hydrogens is 274 g/mol. The summed E-state index contributed by atoms with van der Waals surface area (Å²) in [6, 6.07) is 0. The van der Waals surface area contributed by atoms with Gasteiger partial charge in [0.15, 0.2) is 5.65 Å². The number of rotatable bonds is 3. The lowest BCUT2D eigenvalue weighted by Gasteiger charge is -1.97. The van der Waals surface area contributed by atoms with Gasteiger partial charge in [-0.15, -0.1) is 0 Å². The average Bonchev–Trinajstić information content (AvgIpc) is 2.59. The van der Waals surface area contributed by atoms with E-state index in [0.29, 0.717) is 17.9 Å². The number of ether oxygens (including phenoxy) is 1. The first-order chi connectivity index (χ1) is 7.69. The summed E-state index contributed by atoms with van der Waals surface area (Å²) in [6.07, 6.45) is 5.40. The fraction of sp³-hybridized carbons (Fsp3) is 0.300. The Labute approximate surface area is 101 Å². The van der Waals surface area contributed by atoms with Crippen LogP contribution in [0.5, 0.6) is 0 Å². The topological polar surface area (TPSA) is 56.5 Å². The van der Waals surface area contributed by atoms with Crippen molar-refractivity contribution in [3.8, 4) is 0 Å². The van der Waals surface area contributed by atoms with Crippen molar-refractivity contribution in [2.75, 3.05) is 6.61 Å². The SMILES string of the molecule is CCOC(=O)Cc1cn2cc(Br)ncc2n1. The molecule has 0 fully saturated rings. The van der Waals surface area contributed by atoms with Crippen LogP contribution in [0.4, 0.5) is 0 Å². The molecule has 0 aliphatic heterocycles. The van der Waals surface area contributed by atoms with E-state index in [1.54, 1.807) is 25.5 Å². The molecule has 0 radical (unpaired) electrons. The highest BCUT2D eigenvalue weighted by molar-refractivity contribution is 9.10. The van der Waals surface area contributed by atoms with Gasteiger partial charge in [-0.2, -0.15) is 0 Å². The third-order valence-electron chi connectivity index (χ3n) is 1.99. The van der Waals surface area contributed by atoms with E-state index in [1.807, 2.05) is 4.40 Å². The molecule has 0 bridgehead atoms. The predicted molar refractivity (Wildman–Crippen MR) is 61.0 cm³/mol. The Morgan fingerprint density at radius 3 is 3.12 bits per heavy atom. The van der Waals surface area contributed by atoms with Crippen LogP contribution in [0.1, 0.15) is 12.6 Å². The van der Waals surface area contributed by atoms with Crippen LogP contribution in [0.3, 0.4) is 0 Å². The van der Waals surface area contributed by atoms with Gasteiger partial charge in [0.1, 0.15) is 4.60 Å². The van der Waals surface area contributed by atoms with Gasteiger partial charge >= 0.3 is 5.97 Å². The molecule has 5 nitrogen and oxygen atoms in total. The molecule has 6 heteroatoms. The first-order valence-corrected chi connectivity index (χ1v) is 5.63. The Bertz CT molecular complexity index is 524. The normalized spacial score (nSPS) is 10.6. The minimum atomic E-state index is -0.266. The summed E-state index contributed by atoms with van der Waals surface area (Å²) in [6.45, 7) is 2.17. The minimum Gasteiger partial charge on any atom is -0.466 e. The van der Waals surface area contributed by atoms with Gasteiger partial charge in [-0.1, -0.05) is 0 Å². The quantitative estimate of drug-likeness (QED) is 0.803. The zero-order chi connectivity index (χ0) is 11.5. The van der Waals surface area contributed by atoms with Crippen molar-refractivity contribution in [1.82, 2.24) is 14.4 Å². The van der Waals surface area contributed by atoms with Crippen LogP contribution in [0.25, 0.3) is 5.65 Å². The highest BCUT2D eigenvalue weighted by Crippen LogP contribution is 2.09. The highest BCUT2D eigenvalue weighted by Gasteiger charge is 2.08. The van der Waals surface area contributed by atoms with Gasteiger partial charge in [-0.25, -0.2) is 9.97 Å². The fourth-order valence-corrected chi connectivity index (χ4v) is 1.69. The standard InChI is InChI=1S/C10H10BrN3O2/c1-2-16-10(15)3-7-5-14-6-8(11)12-4-9(14)13-7/h4-6H,2-3H2,1H3. The number of hydrogen-bond donors (Lipinski definition) is 0. The average molecular weight is 284 g/mol. The molecule has 0 saturated heterocycles. The Morgan fingerprint density at radius 1 is 1.56 bits per heavy atom. The third-order valence-corrected chi connectivity index (χ3v) is 2.40. The molecule has 2 aromatic rings. The maximum absolute atomic E-state index is 11.3. The molecule has 16 heavy (non-hydrogen) atoms. The summed E-state index contributed by atoms with van der Waals surface area (Å²) >= 11 is 3.27. The van der Waals surface area contributed by atoms with Gasteiger partial charge in [0, 0.05) is 12.4 Å². The largest absolute Gasteiger partial charge is 0.466 e. The van der Waals surface area contributed by atoms with Gasteiger partial charge in [-0.05, 0) is 22.9 Å². The number of fused-ring (bicyclic) bond motifs is 1. The van der Waals surface area contributed by atoms with Crippen molar-refractivity contribution in [1.29, 1.82) is 0 Å². The smallest absolute Gasteiger partial charge is 0.311 e. The van der Waals surface area contributed by atoms with E-state index in [4.69, 9.17) is 4.74 Å². The second-order valence-electron chi connectivity index (χ2n) is 3.19. The van der Waals surface area contributed by atoms with Gasteiger partial charge in [0.05, 0.1) is 24.9 Å². The van der Waals surface area contributed by atoms with E-state index >= 15 is 0 Å². The Hall–Kier alpha value is -1.43. The number of hydrogen-bond acceptors (Lipinski definition) is 4. The minimum absolute atomic E-state index is 0.188. The summed E-state index contributed by atoms with van der Waals surface area (Å²) in [5.41, 5.74) is 1.39. The molecule has 84 valence electrons. The van der Waals surface area contributed by atoms with Crippen LogP contribution in [0.15, 0.2) is 23.2 Å². The van der Waals surface area contributed by atoms with E-state index in [2.05, 4.69) is 25.9 Å². The Kier molecular flexibility index (Phi) is 3.19. The van der Waals surface area contributed by atoms with Crippen LogP contribution < -0.4 is 0 Å². The molecule has 2 rings (SSSR count). The van der Waals surface area contributed by atoms with Crippen molar-refractivity contribution >= 4 is 27.5 Å². The highest BCUT2D eigenvalue weighted by atomic mass is 79.9. The van der Waals surface area contributed by atoms with Gasteiger partial charge in [0.25, 0.3) is 0 Å². The maximum Gasteiger partial charge on any atom is 0.311 e. The molecule has 0 atom stereocenters. The number of carbonyl (C=O) groups is 1. The number of nitrogens with zero attached hydrogens (tertiary/aromatic N) is 3. The lowest BCUT2D eigenvalue weighted by molar-refractivity contribution is -0.142. The van der Waals surface area contributed by atoms with Crippen molar-refractivity contribution in [3.05, 3.63) is 28.9 Å². The molecular formula is C10H10BrN3O2. The second-order valence-corrected chi connectivity index (χ2v) is 4.00. The van der Waals surface area contributed by atoms with Crippen LogP contribution in [0, 0.1) is 0 Å². The number of imidazole rings is 1. The summed E-state index contributed by atoms with van der Waals surface area (Å²) in [5.74, 6) is -0.266. The van der Waals surface area contributed by atoms with Crippen LogP contribution in [-0.4, -0.2) is 26.9 Å². The van der Waals surface area contributed by atoms with E-state index in [0.717, 1.165) is 4.60 Å².